The van der Waals surface area contributed by atoms with Crippen LogP contribution < -0.4 is 5.32 Å². The van der Waals surface area contributed by atoms with E-state index in [1.807, 2.05) is 43.3 Å². The number of hydrogen-bond donors (Lipinski definition) is 1. The standard InChI is InChI=1S/C20H23ClN2O2/c1-14-10-11-16(21)12-17(14)22-18(24)20(2,3)19(25)23(4)13-15-8-6-5-7-9-15/h5-12H,13H2,1-4H3,(H,22,24). The SMILES string of the molecule is Cc1ccc(Cl)cc1NC(=O)C(C)(C)C(=O)N(C)Cc1ccccc1. The molecule has 0 heterocycles. The number of amides is 2. The Morgan fingerprint density at radius 1 is 1.12 bits per heavy atom. The fraction of sp³-hybridized carbons (Fsp3) is 0.300. The number of nitrogens with one attached hydrogen (secondary N) is 1. The Bertz CT molecular complexity index is 773. The van der Waals surface area contributed by atoms with Crippen molar-refractivity contribution in [2.24, 2.45) is 5.41 Å². The van der Waals surface area contributed by atoms with E-state index in [2.05, 4.69) is 5.32 Å². The summed E-state index contributed by atoms with van der Waals surface area (Å²) in [6.07, 6.45) is 0. The van der Waals surface area contributed by atoms with Crippen LogP contribution in [0.25, 0.3) is 0 Å². The lowest BCUT2D eigenvalue weighted by Crippen LogP contribution is -2.45. The first-order valence-electron chi connectivity index (χ1n) is 8.09. The predicted molar refractivity (Wildman–Crippen MR) is 102 cm³/mol. The second-order valence-electron chi connectivity index (χ2n) is 6.69. The molecule has 0 unspecified atom stereocenters. The van der Waals surface area contributed by atoms with E-state index in [4.69, 9.17) is 11.6 Å². The number of nitrogens with zero attached hydrogens (tertiary/aromatic N) is 1. The van der Waals surface area contributed by atoms with Crippen LogP contribution in [0.2, 0.25) is 5.02 Å². The van der Waals surface area contributed by atoms with Crippen LogP contribution in [0.5, 0.6) is 0 Å². The largest absolute Gasteiger partial charge is 0.341 e. The molecule has 0 saturated heterocycles. The van der Waals surface area contributed by atoms with Crippen LogP contribution in [0.15, 0.2) is 48.5 Å². The molecule has 1 N–H and O–H groups in total. The van der Waals surface area contributed by atoms with Gasteiger partial charge in [-0.3, -0.25) is 9.59 Å². The van der Waals surface area contributed by atoms with Crippen LogP contribution in [-0.2, 0) is 16.1 Å². The van der Waals surface area contributed by atoms with Crippen LogP contribution in [-0.4, -0.2) is 23.8 Å². The third-order valence-corrected chi connectivity index (χ3v) is 4.39. The van der Waals surface area contributed by atoms with E-state index in [0.717, 1.165) is 11.1 Å². The van der Waals surface area contributed by atoms with Crippen molar-refractivity contribution in [1.82, 2.24) is 4.90 Å². The van der Waals surface area contributed by atoms with Crippen molar-refractivity contribution >= 4 is 29.1 Å². The summed E-state index contributed by atoms with van der Waals surface area (Å²) >= 11 is 5.99. The Balaban J connectivity index is 2.11. The topological polar surface area (TPSA) is 49.4 Å². The molecule has 2 aromatic rings. The van der Waals surface area contributed by atoms with Gasteiger partial charge in [0.1, 0.15) is 5.41 Å². The summed E-state index contributed by atoms with van der Waals surface area (Å²) in [7, 11) is 1.70. The third-order valence-electron chi connectivity index (χ3n) is 4.16. The van der Waals surface area contributed by atoms with Crippen LogP contribution in [0.4, 0.5) is 5.69 Å². The molecule has 0 aromatic heterocycles. The molecule has 0 fully saturated rings. The molecule has 0 saturated carbocycles. The number of benzene rings is 2. The molecule has 132 valence electrons. The summed E-state index contributed by atoms with van der Waals surface area (Å²) in [5.74, 6) is -0.601. The molecule has 0 radical (unpaired) electrons. The average Bonchev–Trinajstić information content (AvgIpc) is 2.58. The Morgan fingerprint density at radius 2 is 1.76 bits per heavy atom. The first kappa shape index (κ1) is 19.0. The minimum atomic E-state index is -1.20. The highest BCUT2D eigenvalue weighted by atomic mass is 35.5. The molecule has 0 atom stereocenters. The number of halogens is 1. The van der Waals surface area contributed by atoms with Gasteiger partial charge in [-0.1, -0.05) is 48.0 Å². The number of aryl methyl sites for hydroxylation is 1. The van der Waals surface area contributed by atoms with Crippen molar-refractivity contribution in [2.45, 2.75) is 27.3 Å². The lowest BCUT2D eigenvalue weighted by atomic mass is 9.90. The highest BCUT2D eigenvalue weighted by Gasteiger charge is 2.38. The normalized spacial score (nSPS) is 11.1. The molecule has 0 bridgehead atoms. The Morgan fingerprint density at radius 3 is 2.40 bits per heavy atom. The summed E-state index contributed by atoms with van der Waals surface area (Å²) in [5.41, 5.74) is 1.32. The number of anilines is 1. The molecular weight excluding hydrogens is 336 g/mol. The van der Waals surface area contributed by atoms with Gasteiger partial charge >= 0.3 is 0 Å². The van der Waals surface area contributed by atoms with Crippen molar-refractivity contribution in [2.75, 3.05) is 12.4 Å². The summed E-state index contributed by atoms with van der Waals surface area (Å²) in [5, 5.41) is 3.35. The maximum absolute atomic E-state index is 12.8. The van der Waals surface area contributed by atoms with Gasteiger partial charge in [0.15, 0.2) is 0 Å². The quantitative estimate of drug-likeness (QED) is 0.811. The highest BCUT2D eigenvalue weighted by Crippen LogP contribution is 2.25. The van der Waals surface area contributed by atoms with Gasteiger partial charge in [-0.15, -0.1) is 0 Å². The van der Waals surface area contributed by atoms with Gasteiger partial charge in [-0.05, 0) is 44.0 Å². The molecule has 25 heavy (non-hydrogen) atoms. The monoisotopic (exact) mass is 358 g/mol. The van der Waals surface area contributed by atoms with Crippen molar-refractivity contribution < 1.29 is 9.59 Å². The van der Waals surface area contributed by atoms with E-state index >= 15 is 0 Å². The summed E-state index contributed by atoms with van der Waals surface area (Å²) in [4.78, 5) is 27.1. The maximum Gasteiger partial charge on any atom is 0.239 e. The summed E-state index contributed by atoms with van der Waals surface area (Å²) < 4.78 is 0. The van der Waals surface area contributed by atoms with Crippen molar-refractivity contribution in [3.8, 4) is 0 Å². The third kappa shape index (κ3) is 4.60. The molecule has 0 aliphatic carbocycles. The molecule has 0 aliphatic rings. The second kappa shape index (κ2) is 7.70. The van der Waals surface area contributed by atoms with E-state index in [-0.39, 0.29) is 11.8 Å². The zero-order valence-electron chi connectivity index (χ0n) is 15.0. The van der Waals surface area contributed by atoms with Gasteiger partial charge in [-0.25, -0.2) is 0 Å². The molecule has 0 aliphatic heterocycles. The Labute approximate surface area is 153 Å². The van der Waals surface area contributed by atoms with E-state index in [1.54, 1.807) is 37.9 Å². The fourth-order valence-corrected chi connectivity index (χ4v) is 2.68. The highest BCUT2D eigenvalue weighted by molar-refractivity contribution is 6.31. The average molecular weight is 359 g/mol. The van der Waals surface area contributed by atoms with Gasteiger partial charge in [0.2, 0.25) is 11.8 Å². The van der Waals surface area contributed by atoms with Crippen LogP contribution in [0.3, 0.4) is 0 Å². The lowest BCUT2D eigenvalue weighted by Gasteiger charge is -2.28. The number of rotatable bonds is 5. The van der Waals surface area contributed by atoms with E-state index < -0.39 is 5.41 Å². The molecule has 2 aromatic carbocycles. The zero-order valence-corrected chi connectivity index (χ0v) is 15.7. The minimum Gasteiger partial charge on any atom is -0.341 e. The number of carbonyl (C=O) groups is 2. The van der Waals surface area contributed by atoms with Crippen molar-refractivity contribution in [1.29, 1.82) is 0 Å². The summed E-state index contributed by atoms with van der Waals surface area (Å²) in [6, 6.07) is 14.9. The second-order valence-corrected chi connectivity index (χ2v) is 7.12. The van der Waals surface area contributed by atoms with E-state index in [0.29, 0.717) is 17.3 Å². The lowest BCUT2D eigenvalue weighted by molar-refractivity contribution is -0.145. The van der Waals surface area contributed by atoms with Crippen LogP contribution in [0, 0.1) is 12.3 Å². The number of hydrogen-bond acceptors (Lipinski definition) is 2. The minimum absolute atomic E-state index is 0.242. The molecule has 2 amide bonds. The van der Waals surface area contributed by atoms with Gasteiger partial charge in [0.05, 0.1) is 0 Å². The molecule has 2 rings (SSSR count). The van der Waals surface area contributed by atoms with E-state index in [9.17, 15) is 9.59 Å². The molecule has 5 heteroatoms. The van der Waals surface area contributed by atoms with Crippen molar-refractivity contribution in [3.63, 3.8) is 0 Å². The molecule has 4 nitrogen and oxygen atoms in total. The molecule has 0 spiro atoms. The van der Waals surface area contributed by atoms with Gasteiger partial charge in [-0.2, -0.15) is 0 Å². The smallest absolute Gasteiger partial charge is 0.239 e. The molecular formula is C20H23ClN2O2. The van der Waals surface area contributed by atoms with Gasteiger partial charge < -0.3 is 10.2 Å². The van der Waals surface area contributed by atoms with E-state index in [1.165, 1.54) is 0 Å². The first-order chi connectivity index (χ1) is 11.7. The Hall–Kier alpha value is -2.33. The Kier molecular flexibility index (Phi) is 5.85. The fourth-order valence-electron chi connectivity index (χ4n) is 2.51. The van der Waals surface area contributed by atoms with Gasteiger partial charge in [0.25, 0.3) is 0 Å². The predicted octanol–water partition coefficient (Wildman–Crippen LogP) is 4.27. The summed E-state index contributed by atoms with van der Waals surface area (Å²) in [6.45, 7) is 5.59. The van der Waals surface area contributed by atoms with Crippen molar-refractivity contribution in [3.05, 3.63) is 64.7 Å². The van der Waals surface area contributed by atoms with Gasteiger partial charge in [0, 0.05) is 24.3 Å². The number of carbonyl (C=O) groups excluding carboxylic acids is 2. The maximum atomic E-state index is 12.8. The van der Waals surface area contributed by atoms with Crippen LogP contribution in [0.1, 0.15) is 25.0 Å². The zero-order chi connectivity index (χ0) is 18.6. The van der Waals surface area contributed by atoms with Crippen LogP contribution >= 0.6 is 11.6 Å². The first-order valence-corrected chi connectivity index (χ1v) is 8.46.